The second-order valence-electron chi connectivity index (χ2n) is 7.72. The number of hydrogen-bond acceptors (Lipinski definition) is 2. The maximum atomic E-state index is 12.6. The van der Waals surface area contributed by atoms with Crippen molar-refractivity contribution in [3.63, 3.8) is 0 Å². The van der Waals surface area contributed by atoms with Crippen LogP contribution in [0.3, 0.4) is 0 Å². The first-order chi connectivity index (χ1) is 13.3. The summed E-state index contributed by atoms with van der Waals surface area (Å²) >= 11 is 5.90. The largest absolute Gasteiger partial charge is 0.478 e. The molecule has 0 unspecified atom stereocenters. The molecule has 0 aliphatic carbocycles. The molecule has 0 aliphatic rings. The summed E-state index contributed by atoms with van der Waals surface area (Å²) in [4.78, 5) is 12.6. The van der Waals surface area contributed by atoms with Crippen LogP contribution in [0.2, 0.25) is 5.02 Å². The van der Waals surface area contributed by atoms with Crippen LogP contribution >= 0.6 is 11.6 Å². The number of amides is 1. The number of ether oxygens (including phenoxy) is 1. The van der Waals surface area contributed by atoms with Gasteiger partial charge >= 0.3 is 0 Å². The highest BCUT2D eigenvalue weighted by Gasteiger charge is 2.30. The van der Waals surface area contributed by atoms with Crippen LogP contribution in [0.25, 0.3) is 10.8 Å². The zero-order valence-corrected chi connectivity index (χ0v) is 17.3. The Morgan fingerprint density at radius 1 is 1.04 bits per heavy atom. The molecule has 1 N–H and O–H groups in total. The molecule has 0 saturated heterocycles. The van der Waals surface area contributed by atoms with E-state index in [2.05, 4.69) is 54.7 Å². The normalized spacial score (nSPS) is 12.6. The highest BCUT2D eigenvalue weighted by atomic mass is 35.5. The van der Waals surface area contributed by atoms with Crippen LogP contribution in [0.5, 0.6) is 5.75 Å². The van der Waals surface area contributed by atoms with Crippen molar-refractivity contribution >= 4 is 28.3 Å². The average molecular weight is 396 g/mol. The van der Waals surface area contributed by atoms with Gasteiger partial charge in [0, 0.05) is 11.6 Å². The summed E-state index contributed by atoms with van der Waals surface area (Å²) in [6.07, 6.45) is 0.903. The first-order valence-electron chi connectivity index (χ1n) is 9.55. The quantitative estimate of drug-likeness (QED) is 0.561. The Bertz CT molecular complexity index is 945. The van der Waals surface area contributed by atoms with Gasteiger partial charge in [0.05, 0.1) is 0 Å². The van der Waals surface area contributed by atoms with Gasteiger partial charge in [-0.3, -0.25) is 4.79 Å². The van der Waals surface area contributed by atoms with Crippen molar-refractivity contribution in [2.45, 2.75) is 32.8 Å². The molecule has 0 spiro atoms. The summed E-state index contributed by atoms with van der Waals surface area (Å²) in [6.45, 7) is 6.28. The number of fused-ring (bicyclic) bond motifs is 1. The Morgan fingerprint density at radius 2 is 1.71 bits per heavy atom. The van der Waals surface area contributed by atoms with Crippen LogP contribution in [0.1, 0.15) is 26.3 Å². The molecule has 0 aliphatic heterocycles. The molecule has 3 aromatic carbocycles. The Morgan fingerprint density at radius 3 is 2.46 bits per heavy atom. The lowest BCUT2D eigenvalue weighted by molar-refractivity contribution is -0.134. The summed E-state index contributed by atoms with van der Waals surface area (Å²) in [6, 6.07) is 21.8. The lowest BCUT2D eigenvalue weighted by Gasteiger charge is -2.26. The Balaban J connectivity index is 1.57. The molecule has 3 aromatic rings. The SMILES string of the molecule is C[C@@H](CNC(=O)C(C)(C)Oc1ccc(Cl)cc1)Cc1cccc2ccccc12. The highest BCUT2D eigenvalue weighted by molar-refractivity contribution is 6.30. The molecule has 3 nitrogen and oxygen atoms in total. The number of carbonyl (C=O) groups is 1. The first kappa shape index (κ1) is 20.2. The van der Waals surface area contributed by atoms with Gasteiger partial charge in [0.25, 0.3) is 5.91 Å². The monoisotopic (exact) mass is 395 g/mol. The fourth-order valence-electron chi connectivity index (χ4n) is 3.24. The summed E-state index contributed by atoms with van der Waals surface area (Å²) in [7, 11) is 0. The number of hydrogen-bond donors (Lipinski definition) is 1. The topological polar surface area (TPSA) is 38.3 Å². The lowest BCUT2D eigenvalue weighted by Crippen LogP contribution is -2.47. The van der Waals surface area contributed by atoms with Gasteiger partial charge in [-0.05, 0) is 66.8 Å². The predicted molar refractivity (Wildman–Crippen MR) is 116 cm³/mol. The van der Waals surface area contributed by atoms with E-state index in [1.807, 2.05) is 0 Å². The van der Waals surface area contributed by atoms with Crippen LogP contribution in [-0.4, -0.2) is 18.1 Å². The van der Waals surface area contributed by atoms with E-state index in [0.717, 1.165) is 6.42 Å². The van der Waals surface area contributed by atoms with E-state index in [-0.39, 0.29) is 5.91 Å². The second kappa shape index (κ2) is 8.66. The minimum Gasteiger partial charge on any atom is -0.478 e. The number of rotatable bonds is 7. The smallest absolute Gasteiger partial charge is 0.263 e. The van der Waals surface area contributed by atoms with Crippen molar-refractivity contribution in [2.24, 2.45) is 5.92 Å². The van der Waals surface area contributed by atoms with Crippen molar-refractivity contribution in [3.8, 4) is 5.75 Å². The fourth-order valence-corrected chi connectivity index (χ4v) is 3.37. The van der Waals surface area contributed by atoms with Crippen LogP contribution in [0.4, 0.5) is 0 Å². The first-order valence-corrected chi connectivity index (χ1v) is 9.92. The van der Waals surface area contributed by atoms with Crippen molar-refractivity contribution in [2.75, 3.05) is 6.54 Å². The van der Waals surface area contributed by atoms with Gasteiger partial charge in [-0.15, -0.1) is 0 Å². The Labute approximate surface area is 171 Å². The molecule has 1 atom stereocenters. The van der Waals surface area contributed by atoms with Gasteiger partial charge in [0.1, 0.15) is 5.75 Å². The number of benzene rings is 3. The maximum absolute atomic E-state index is 12.6. The molecule has 146 valence electrons. The van der Waals surface area contributed by atoms with E-state index in [4.69, 9.17) is 16.3 Å². The van der Waals surface area contributed by atoms with E-state index in [9.17, 15) is 4.79 Å². The summed E-state index contributed by atoms with van der Waals surface area (Å²) in [5, 5.41) is 6.19. The van der Waals surface area contributed by atoms with Gasteiger partial charge in [-0.2, -0.15) is 0 Å². The van der Waals surface area contributed by atoms with E-state index in [1.165, 1.54) is 16.3 Å². The van der Waals surface area contributed by atoms with Crippen molar-refractivity contribution in [1.29, 1.82) is 0 Å². The number of carbonyl (C=O) groups excluding carboxylic acids is 1. The zero-order chi connectivity index (χ0) is 20.1. The molecule has 0 fully saturated rings. The minimum atomic E-state index is -0.965. The lowest BCUT2D eigenvalue weighted by atomic mass is 9.95. The molecule has 4 heteroatoms. The standard InChI is InChI=1S/C24H26ClNO2/c1-17(15-19-9-6-8-18-7-4-5-10-22(18)19)16-26-23(27)24(2,3)28-21-13-11-20(25)12-14-21/h4-14,17H,15-16H2,1-3H3,(H,26,27)/t17-/m1/s1. The molecule has 28 heavy (non-hydrogen) atoms. The zero-order valence-electron chi connectivity index (χ0n) is 16.5. The average Bonchev–Trinajstić information content (AvgIpc) is 2.68. The number of nitrogens with one attached hydrogen (secondary N) is 1. The summed E-state index contributed by atoms with van der Waals surface area (Å²) in [5.74, 6) is 0.793. The second-order valence-corrected chi connectivity index (χ2v) is 8.16. The molecule has 0 saturated carbocycles. The van der Waals surface area contributed by atoms with Gasteiger partial charge in [0.2, 0.25) is 0 Å². The van der Waals surface area contributed by atoms with Gasteiger partial charge in [0.15, 0.2) is 5.60 Å². The van der Waals surface area contributed by atoms with E-state index in [1.54, 1.807) is 38.1 Å². The molecule has 0 aromatic heterocycles. The van der Waals surface area contributed by atoms with Gasteiger partial charge in [-0.25, -0.2) is 0 Å². The van der Waals surface area contributed by atoms with Crippen LogP contribution in [0.15, 0.2) is 66.7 Å². The number of halogens is 1. The molecule has 0 heterocycles. The highest BCUT2D eigenvalue weighted by Crippen LogP contribution is 2.22. The van der Waals surface area contributed by atoms with E-state index >= 15 is 0 Å². The van der Waals surface area contributed by atoms with Crippen LogP contribution < -0.4 is 10.1 Å². The minimum absolute atomic E-state index is 0.132. The van der Waals surface area contributed by atoms with Crippen molar-refractivity contribution in [3.05, 3.63) is 77.3 Å². The Kier molecular flexibility index (Phi) is 6.25. The maximum Gasteiger partial charge on any atom is 0.263 e. The molecule has 0 bridgehead atoms. The van der Waals surface area contributed by atoms with Crippen LogP contribution in [0, 0.1) is 5.92 Å². The van der Waals surface area contributed by atoms with E-state index in [0.29, 0.717) is 23.2 Å². The third-order valence-electron chi connectivity index (χ3n) is 4.79. The van der Waals surface area contributed by atoms with Crippen LogP contribution in [-0.2, 0) is 11.2 Å². The fraction of sp³-hybridized carbons (Fsp3) is 0.292. The van der Waals surface area contributed by atoms with Gasteiger partial charge < -0.3 is 10.1 Å². The third kappa shape index (κ3) is 5.05. The predicted octanol–water partition coefficient (Wildman–Crippen LogP) is 5.65. The van der Waals surface area contributed by atoms with E-state index < -0.39 is 5.60 Å². The van der Waals surface area contributed by atoms with Crippen molar-refractivity contribution in [1.82, 2.24) is 5.32 Å². The molecule has 0 radical (unpaired) electrons. The summed E-state index contributed by atoms with van der Waals surface area (Å²) < 4.78 is 5.86. The third-order valence-corrected chi connectivity index (χ3v) is 5.04. The molecule has 1 amide bonds. The molecule has 3 rings (SSSR count). The van der Waals surface area contributed by atoms with Crippen molar-refractivity contribution < 1.29 is 9.53 Å². The Hall–Kier alpha value is -2.52. The molecular formula is C24H26ClNO2. The summed E-state index contributed by atoms with van der Waals surface area (Å²) in [5.41, 5.74) is 0.337. The molecular weight excluding hydrogens is 370 g/mol. The van der Waals surface area contributed by atoms with Gasteiger partial charge in [-0.1, -0.05) is 61.0 Å².